The minimum atomic E-state index is -0.459. The van der Waals surface area contributed by atoms with Gasteiger partial charge in [-0.3, -0.25) is 0 Å². The first-order chi connectivity index (χ1) is 8.84. The van der Waals surface area contributed by atoms with Crippen LogP contribution in [0.1, 0.15) is 20.7 Å². The third-order valence-electron chi connectivity index (χ3n) is 3.08. The van der Waals surface area contributed by atoms with Crippen molar-refractivity contribution in [3.8, 4) is 0 Å². The van der Waals surface area contributed by atoms with Gasteiger partial charge in [-0.2, -0.15) is 0 Å². The Balaban J connectivity index is 1.91. The van der Waals surface area contributed by atoms with E-state index in [9.17, 15) is 0 Å². The molecule has 2 aromatic carbocycles. The van der Waals surface area contributed by atoms with Crippen LogP contribution >= 0.6 is 0 Å². The molecule has 1 nitrogen and oxygen atoms in total. The first-order valence-electron chi connectivity index (χ1n) is 6.01. The van der Waals surface area contributed by atoms with Gasteiger partial charge in [0.25, 0.3) is 0 Å². The van der Waals surface area contributed by atoms with Crippen LogP contribution < -0.4 is 0 Å². The summed E-state index contributed by atoms with van der Waals surface area (Å²) < 4.78 is 6.48. The average Bonchev–Trinajstić information content (AvgIpc) is 2.90. The van der Waals surface area contributed by atoms with Crippen LogP contribution in [0.2, 0.25) is 0 Å². The van der Waals surface area contributed by atoms with E-state index >= 15 is 0 Å². The Bertz CT molecular complexity index is 575. The molecule has 1 unspecified atom stereocenters. The van der Waals surface area contributed by atoms with Crippen LogP contribution in [0.5, 0.6) is 0 Å². The van der Waals surface area contributed by atoms with E-state index in [1.165, 1.54) is 16.7 Å². The molecule has 0 radical (unpaired) electrons. The first-order valence-corrected chi connectivity index (χ1v) is 8.30. The zero-order chi connectivity index (χ0) is 12.4. The van der Waals surface area contributed by atoms with Crippen molar-refractivity contribution in [3.05, 3.63) is 77.4 Å². The fourth-order valence-electron chi connectivity index (χ4n) is 2.08. The molecule has 0 fully saturated rings. The minimum absolute atomic E-state index is 0.459. The molecule has 0 amide bonds. The fourth-order valence-corrected chi connectivity index (χ4v) is 4.36. The molecule has 1 heterocycles. The van der Waals surface area contributed by atoms with E-state index in [1.54, 1.807) is 0 Å². The molecule has 0 saturated carbocycles. The molecule has 3 rings (SSSR count). The molecule has 0 spiro atoms. The second kappa shape index (κ2) is 5.18. The number of hydrogen-bond acceptors (Lipinski definition) is 1. The van der Waals surface area contributed by atoms with Gasteiger partial charge in [0.15, 0.2) is 0 Å². The summed E-state index contributed by atoms with van der Waals surface area (Å²) in [4.78, 5) is 0. The molecule has 18 heavy (non-hydrogen) atoms. The average molecular weight is 350 g/mol. The normalized spacial score (nSPS) is 18.3. The van der Waals surface area contributed by atoms with Crippen LogP contribution in [0.15, 0.2) is 60.7 Å². The summed E-state index contributed by atoms with van der Waals surface area (Å²) in [7, 11) is 0. The van der Waals surface area contributed by atoms with Crippen molar-refractivity contribution >= 4 is 27.1 Å². The van der Waals surface area contributed by atoms with Gasteiger partial charge in [0.2, 0.25) is 0 Å². The maximum absolute atomic E-state index is 5.98. The molecule has 1 atom stereocenters. The Labute approximate surface area is 118 Å². The second-order valence-corrected chi connectivity index (χ2v) is 6.83. The van der Waals surface area contributed by atoms with Gasteiger partial charge in [0.1, 0.15) is 0 Å². The van der Waals surface area contributed by atoms with E-state index in [1.807, 2.05) is 0 Å². The number of rotatable bonds is 2. The van der Waals surface area contributed by atoms with Crippen LogP contribution in [-0.2, 0) is 3.10 Å². The van der Waals surface area contributed by atoms with Gasteiger partial charge in [-0.1, -0.05) is 0 Å². The Hall–Kier alpha value is -1.23. The number of benzene rings is 2. The van der Waals surface area contributed by atoms with Crippen molar-refractivity contribution in [1.82, 2.24) is 0 Å². The maximum atomic E-state index is 5.98. The summed E-state index contributed by atoms with van der Waals surface area (Å²) in [5, 5.41) is 0. The van der Waals surface area contributed by atoms with E-state index < -0.39 is 21.3 Å². The van der Waals surface area contributed by atoms with Crippen LogP contribution in [0.3, 0.4) is 0 Å². The van der Waals surface area contributed by atoms with E-state index in [-0.39, 0.29) is 0 Å². The predicted molar refractivity (Wildman–Crippen MR) is 75.2 cm³/mol. The predicted octanol–water partition coefficient (Wildman–Crippen LogP) is 3.73. The van der Waals surface area contributed by atoms with Crippen molar-refractivity contribution in [3.63, 3.8) is 0 Å². The van der Waals surface area contributed by atoms with Gasteiger partial charge in [0, 0.05) is 0 Å². The number of aryl methyl sites for hydroxylation is 1. The van der Waals surface area contributed by atoms with E-state index in [2.05, 4.69) is 67.6 Å². The SMILES string of the molecule is Cc1ccccc1C1=CC(c2ccccc2)[Te]O1. The molecule has 0 bridgehead atoms. The fraction of sp³-hybridized carbons (Fsp3) is 0.125. The van der Waals surface area contributed by atoms with Gasteiger partial charge in [-0.15, -0.1) is 0 Å². The number of hydrogen-bond donors (Lipinski definition) is 0. The van der Waals surface area contributed by atoms with E-state index in [0.717, 1.165) is 5.76 Å². The molecule has 1 aliphatic rings. The first kappa shape index (κ1) is 11.8. The van der Waals surface area contributed by atoms with Crippen LogP contribution in [-0.4, -0.2) is 21.3 Å². The zero-order valence-corrected chi connectivity index (χ0v) is 12.5. The van der Waals surface area contributed by atoms with Crippen LogP contribution in [0, 0.1) is 6.92 Å². The Morgan fingerprint density at radius 2 is 1.67 bits per heavy atom. The standard InChI is InChI=1S/C16H14OTe/c1-12-7-5-6-10-14(12)15-11-16(18-17-15)13-8-3-2-4-9-13/h2-11,16H,1H3. The van der Waals surface area contributed by atoms with Gasteiger partial charge in [-0.25, -0.2) is 0 Å². The van der Waals surface area contributed by atoms with Crippen molar-refractivity contribution in [1.29, 1.82) is 0 Å². The third-order valence-corrected chi connectivity index (χ3v) is 5.63. The summed E-state index contributed by atoms with van der Waals surface area (Å²) in [6.45, 7) is 2.13. The van der Waals surface area contributed by atoms with Crippen molar-refractivity contribution in [2.75, 3.05) is 0 Å². The summed E-state index contributed by atoms with van der Waals surface area (Å²) in [6.07, 6.45) is 2.29. The molecule has 90 valence electrons. The topological polar surface area (TPSA) is 9.23 Å². The Morgan fingerprint density at radius 1 is 0.944 bits per heavy atom. The molecule has 0 aromatic heterocycles. The second-order valence-electron chi connectivity index (χ2n) is 4.36. The molecule has 0 N–H and O–H groups in total. The van der Waals surface area contributed by atoms with Crippen LogP contribution in [0.25, 0.3) is 5.76 Å². The van der Waals surface area contributed by atoms with Crippen LogP contribution in [0.4, 0.5) is 0 Å². The zero-order valence-electron chi connectivity index (χ0n) is 10.2. The number of allylic oxidation sites excluding steroid dienone is 1. The molecular formula is C16H14OTe. The molecule has 0 aliphatic carbocycles. The van der Waals surface area contributed by atoms with Gasteiger partial charge in [-0.05, 0) is 0 Å². The van der Waals surface area contributed by atoms with Gasteiger partial charge < -0.3 is 0 Å². The Kier molecular flexibility index (Phi) is 3.41. The summed E-state index contributed by atoms with van der Waals surface area (Å²) >= 11 is -0.459. The monoisotopic (exact) mass is 352 g/mol. The van der Waals surface area contributed by atoms with Gasteiger partial charge >= 0.3 is 118 Å². The molecular weight excluding hydrogens is 336 g/mol. The molecule has 0 saturated heterocycles. The molecule has 2 heteroatoms. The molecule has 1 aliphatic heterocycles. The van der Waals surface area contributed by atoms with Gasteiger partial charge in [0.05, 0.1) is 0 Å². The summed E-state index contributed by atoms with van der Waals surface area (Å²) in [5.41, 5.74) is 3.90. The third kappa shape index (κ3) is 2.32. The summed E-state index contributed by atoms with van der Waals surface area (Å²) in [5.74, 6) is 1.07. The molecule has 2 aromatic rings. The van der Waals surface area contributed by atoms with Crippen molar-refractivity contribution in [2.45, 2.75) is 10.9 Å². The van der Waals surface area contributed by atoms with E-state index in [0.29, 0.717) is 3.97 Å². The Morgan fingerprint density at radius 3 is 2.44 bits per heavy atom. The summed E-state index contributed by atoms with van der Waals surface area (Å²) in [6, 6.07) is 19.1. The van der Waals surface area contributed by atoms with E-state index in [4.69, 9.17) is 3.10 Å². The van der Waals surface area contributed by atoms with Crippen molar-refractivity contribution in [2.24, 2.45) is 0 Å². The quantitative estimate of drug-likeness (QED) is 0.751. The van der Waals surface area contributed by atoms with Crippen molar-refractivity contribution < 1.29 is 3.10 Å².